The molecule has 0 aromatic heterocycles. The number of halogens is 1. The van der Waals surface area contributed by atoms with Gasteiger partial charge in [-0.3, -0.25) is 10.2 Å². The lowest BCUT2D eigenvalue weighted by atomic mass is 10.2. The van der Waals surface area contributed by atoms with Crippen LogP contribution in [0.4, 0.5) is 0 Å². The van der Waals surface area contributed by atoms with Gasteiger partial charge in [0.25, 0.3) is 0 Å². The first-order chi connectivity index (χ1) is 16.5. The zero-order chi connectivity index (χ0) is 25.6. The van der Waals surface area contributed by atoms with Crippen LogP contribution in [-0.4, -0.2) is 49.3 Å². The van der Waals surface area contributed by atoms with E-state index in [0.29, 0.717) is 17.7 Å². The summed E-state index contributed by atoms with van der Waals surface area (Å²) in [5.41, 5.74) is 7.95. The number of aryl methyl sites for hydroxylation is 1. The van der Waals surface area contributed by atoms with Crippen LogP contribution in [0.3, 0.4) is 0 Å². The van der Waals surface area contributed by atoms with Gasteiger partial charge < -0.3 is 24.1 Å². The van der Waals surface area contributed by atoms with Crippen LogP contribution in [0.1, 0.15) is 18.9 Å². The van der Waals surface area contributed by atoms with E-state index >= 15 is 0 Å². The summed E-state index contributed by atoms with van der Waals surface area (Å²) in [6.45, 7) is 3.50. The number of nitrogens with two attached hydrogens (primary N) is 1. The van der Waals surface area contributed by atoms with Crippen molar-refractivity contribution in [2.75, 3.05) is 26.6 Å². The van der Waals surface area contributed by atoms with Crippen LogP contribution < -0.4 is 34.3 Å². The summed E-state index contributed by atoms with van der Waals surface area (Å²) in [5.74, 6) is -0.157. The van der Waals surface area contributed by atoms with Crippen LogP contribution >= 0.6 is 12.4 Å². The topological polar surface area (TPSA) is 188 Å². The molecule has 0 atom stereocenters. The molecule has 5 N–H and O–H groups in total. The average Bonchev–Trinajstić information content (AvgIpc) is 3.23. The fourth-order valence-corrected chi connectivity index (χ4v) is 6.00. The summed E-state index contributed by atoms with van der Waals surface area (Å²) in [5, 5.41) is 6.99. The Labute approximate surface area is 215 Å². The zero-order valence-electron chi connectivity index (χ0n) is 19.4. The highest BCUT2D eigenvalue weighted by Gasteiger charge is 2.36. The van der Waals surface area contributed by atoms with Crippen molar-refractivity contribution in [1.82, 2.24) is 10.2 Å². The predicted octanol–water partition coefficient (Wildman–Crippen LogP) is 1.39. The molecule has 0 unspecified atom stereocenters. The third-order valence-corrected chi connectivity index (χ3v) is 7.43. The van der Waals surface area contributed by atoms with Gasteiger partial charge in [-0.2, -0.15) is 8.42 Å². The highest BCUT2D eigenvalue weighted by molar-refractivity contribution is 7.91. The van der Waals surface area contributed by atoms with Crippen molar-refractivity contribution in [1.29, 1.82) is 5.41 Å². The molecule has 0 amide bonds. The molecule has 2 aromatic rings. The number of fused-ring (bicyclic) bond motifs is 1. The molecule has 0 saturated heterocycles. The van der Waals surface area contributed by atoms with E-state index in [4.69, 9.17) is 34.4 Å². The van der Waals surface area contributed by atoms with Gasteiger partial charge in [-0.15, -0.1) is 12.4 Å². The lowest BCUT2D eigenvalue weighted by molar-refractivity contribution is 0.0733. The lowest BCUT2D eigenvalue weighted by Gasteiger charge is -2.15. The standard InChI is InChI=1S/C20H26N4O9S2.ClH/c1-3-23-34(25,26)19-17(6-5-16-18(19)31-12-30-16)35(27,28)33-15-10-13(2)9-14(11-15)29-7-4-8-32-24-20(21)22;/h5-6,9-11,23H,3-4,7-8,12H2,1-2H3,(H4,21,22,24);1H. The first-order valence-corrected chi connectivity index (χ1v) is 13.3. The molecule has 2 aromatic carbocycles. The van der Waals surface area contributed by atoms with Gasteiger partial charge in [0.05, 0.1) is 13.2 Å². The average molecular weight is 567 g/mol. The molecule has 16 heteroatoms. The van der Waals surface area contributed by atoms with Gasteiger partial charge in [0.2, 0.25) is 22.8 Å². The van der Waals surface area contributed by atoms with E-state index in [1.807, 2.05) is 0 Å². The molecule has 1 heterocycles. The maximum absolute atomic E-state index is 13.2. The van der Waals surface area contributed by atoms with E-state index < -0.39 is 29.9 Å². The third kappa shape index (κ3) is 7.27. The van der Waals surface area contributed by atoms with Gasteiger partial charge in [-0.25, -0.2) is 18.6 Å². The number of guanidine groups is 1. The van der Waals surface area contributed by atoms with Gasteiger partial charge in [0.15, 0.2) is 16.4 Å². The Bertz CT molecular complexity index is 1300. The zero-order valence-corrected chi connectivity index (χ0v) is 21.8. The normalized spacial score (nSPS) is 12.5. The van der Waals surface area contributed by atoms with Crippen LogP contribution in [0.25, 0.3) is 0 Å². The maximum atomic E-state index is 13.2. The number of hydroxylamine groups is 1. The second kappa shape index (κ2) is 12.3. The second-order valence-corrected chi connectivity index (χ2v) is 10.4. The van der Waals surface area contributed by atoms with Gasteiger partial charge >= 0.3 is 10.1 Å². The maximum Gasteiger partial charge on any atom is 0.340 e. The fourth-order valence-electron chi connectivity index (χ4n) is 3.11. The number of nitrogens with one attached hydrogen (secondary N) is 3. The van der Waals surface area contributed by atoms with Crippen molar-refractivity contribution < 1.29 is 40.1 Å². The highest BCUT2D eigenvalue weighted by atomic mass is 35.5. The van der Waals surface area contributed by atoms with E-state index in [1.165, 1.54) is 18.2 Å². The highest BCUT2D eigenvalue weighted by Crippen LogP contribution is 2.42. The molecule has 1 aliphatic rings. The molecule has 0 radical (unpaired) electrons. The predicted molar refractivity (Wildman–Crippen MR) is 131 cm³/mol. The van der Waals surface area contributed by atoms with Crippen LogP contribution in [0, 0.1) is 12.3 Å². The van der Waals surface area contributed by atoms with Crippen molar-refractivity contribution >= 4 is 38.5 Å². The van der Waals surface area contributed by atoms with E-state index in [2.05, 4.69) is 10.2 Å². The van der Waals surface area contributed by atoms with Crippen molar-refractivity contribution in [3.63, 3.8) is 0 Å². The van der Waals surface area contributed by atoms with Crippen LogP contribution in [0.2, 0.25) is 0 Å². The van der Waals surface area contributed by atoms with Gasteiger partial charge in [-0.1, -0.05) is 6.92 Å². The van der Waals surface area contributed by atoms with Crippen molar-refractivity contribution in [3.05, 3.63) is 35.9 Å². The molecule has 0 fully saturated rings. The summed E-state index contributed by atoms with van der Waals surface area (Å²) in [7, 11) is -8.87. The largest absolute Gasteiger partial charge is 0.493 e. The molecule has 36 heavy (non-hydrogen) atoms. The molecule has 1 aliphatic heterocycles. The Kier molecular flexibility index (Phi) is 10.0. The number of benzene rings is 2. The molecule has 3 rings (SSSR count). The Morgan fingerprint density at radius 2 is 1.83 bits per heavy atom. The van der Waals surface area contributed by atoms with Crippen molar-refractivity contribution in [2.24, 2.45) is 5.73 Å². The molecule has 200 valence electrons. The molecular formula is C20H27ClN4O9S2. The molecule has 0 spiro atoms. The van der Waals surface area contributed by atoms with Gasteiger partial charge in [0, 0.05) is 19.0 Å². The number of sulfonamides is 1. The Morgan fingerprint density at radius 1 is 1.11 bits per heavy atom. The number of ether oxygens (including phenoxy) is 3. The van der Waals surface area contributed by atoms with E-state index in [9.17, 15) is 16.8 Å². The van der Waals surface area contributed by atoms with E-state index in [0.717, 1.165) is 6.07 Å². The molecule has 0 saturated carbocycles. The SMILES string of the molecule is CCNS(=O)(=O)c1c(S(=O)(=O)Oc2cc(C)cc(OCCCONC(=N)N)c2)ccc2c1OCO2.Cl. The minimum atomic E-state index is -4.61. The fraction of sp³-hybridized carbons (Fsp3) is 0.350. The minimum Gasteiger partial charge on any atom is -0.493 e. The molecule has 0 bridgehead atoms. The second-order valence-electron chi connectivity index (χ2n) is 7.21. The van der Waals surface area contributed by atoms with Crippen molar-refractivity contribution in [2.45, 2.75) is 30.1 Å². The molecule has 13 nitrogen and oxygen atoms in total. The number of hydrogen-bond donors (Lipinski definition) is 4. The van der Waals surface area contributed by atoms with E-state index in [1.54, 1.807) is 19.9 Å². The summed E-state index contributed by atoms with van der Waals surface area (Å²) < 4.78 is 75.7. The monoisotopic (exact) mass is 566 g/mol. The summed E-state index contributed by atoms with van der Waals surface area (Å²) in [6.07, 6.45) is 0.450. The third-order valence-electron chi connectivity index (χ3n) is 4.40. The Balaban J connectivity index is 0.00000456. The Morgan fingerprint density at radius 3 is 2.53 bits per heavy atom. The summed E-state index contributed by atoms with van der Waals surface area (Å²) >= 11 is 0. The van der Waals surface area contributed by atoms with Crippen molar-refractivity contribution in [3.8, 4) is 23.0 Å². The van der Waals surface area contributed by atoms with Crippen LogP contribution in [0.15, 0.2) is 40.1 Å². The smallest absolute Gasteiger partial charge is 0.340 e. The van der Waals surface area contributed by atoms with Gasteiger partial charge in [-0.05, 0) is 36.8 Å². The van der Waals surface area contributed by atoms with E-state index in [-0.39, 0.29) is 62.2 Å². The summed E-state index contributed by atoms with van der Waals surface area (Å²) in [6, 6.07) is 6.91. The number of rotatable bonds is 12. The minimum absolute atomic E-state index is 0. The van der Waals surface area contributed by atoms with Gasteiger partial charge in [0.1, 0.15) is 16.4 Å². The number of hydrogen-bond acceptors (Lipinski definition) is 10. The first-order valence-electron chi connectivity index (χ1n) is 10.4. The molecular weight excluding hydrogens is 540 g/mol. The summed E-state index contributed by atoms with van der Waals surface area (Å²) in [4.78, 5) is 3.75. The van der Waals surface area contributed by atoms with Crippen LogP contribution in [0.5, 0.6) is 23.0 Å². The Hall–Kier alpha value is -2.98. The molecule has 0 aliphatic carbocycles. The lowest BCUT2D eigenvalue weighted by Crippen LogP contribution is -2.30. The van der Waals surface area contributed by atoms with Crippen LogP contribution in [-0.2, 0) is 25.0 Å². The first kappa shape index (κ1) is 29.3. The quantitative estimate of drug-likeness (QED) is 0.0955.